The molecule has 1 aromatic heterocycles. The maximum Gasteiger partial charge on any atom is 0.929 e. The van der Waals surface area contributed by atoms with Crippen LogP contribution in [0.4, 0.5) is 8.63 Å². The van der Waals surface area contributed by atoms with Crippen molar-refractivity contribution in [1.29, 1.82) is 0 Å². The Balaban J connectivity index is 1.95. The van der Waals surface area contributed by atoms with E-state index in [9.17, 15) is 13.4 Å². The molecule has 7 heteroatoms. The Morgan fingerprint density at radius 1 is 1.42 bits per heavy atom. The summed E-state index contributed by atoms with van der Waals surface area (Å²) in [5, 5.41) is 2.61. The highest BCUT2D eigenvalue weighted by atomic mass is 19.2. The van der Waals surface area contributed by atoms with Gasteiger partial charge in [0.1, 0.15) is 0 Å². The Kier molecular flexibility index (Phi) is 5.96. The molecule has 4 nitrogen and oxygen atoms in total. The van der Waals surface area contributed by atoms with E-state index in [2.05, 4.69) is 16.2 Å². The van der Waals surface area contributed by atoms with Crippen LogP contribution in [0.5, 0.6) is 0 Å². The van der Waals surface area contributed by atoms with Crippen molar-refractivity contribution >= 4 is 19.0 Å². The average Bonchev–Trinajstić information content (AvgIpc) is 3.08. The molecule has 0 saturated carbocycles. The fourth-order valence-corrected chi connectivity index (χ4v) is 2.96. The summed E-state index contributed by atoms with van der Waals surface area (Å²) >= 11 is 0. The van der Waals surface area contributed by atoms with Crippen LogP contribution in [-0.4, -0.2) is 41.1 Å². The summed E-state index contributed by atoms with van der Waals surface area (Å²) in [6.07, 6.45) is 8.25. The highest BCUT2D eigenvalue weighted by Gasteiger charge is 2.44. The van der Waals surface area contributed by atoms with Gasteiger partial charge in [0, 0.05) is 30.8 Å². The molecule has 2 rings (SSSR count). The van der Waals surface area contributed by atoms with Gasteiger partial charge in [0.2, 0.25) is 5.91 Å². The maximum atomic E-state index is 13.2. The molecule has 126 valence electrons. The highest BCUT2D eigenvalue weighted by Crippen LogP contribution is 2.21. The minimum absolute atomic E-state index is 0.104. The zero-order chi connectivity index (χ0) is 17.7. The van der Waals surface area contributed by atoms with Gasteiger partial charge >= 0.3 is 7.40 Å². The van der Waals surface area contributed by atoms with Crippen molar-refractivity contribution in [2.75, 3.05) is 6.54 Å². The molecule has 1 unspecified atom stereocenters. The Morgan fingerprint density at radius 3 is 2.79 bits per heavy atom. The van der Waals surface area contributed by atoms with Crippen molar-refractivity contribution in [3.8, 4) is 12.3 Å². The number of amides is 1. The van der Waals surface area contributed by atoms with Crippen LogP contribution >= 0.6 is 0 Å². The molecule has 1 amide bonds. The number of terminal acetylenes is 1. The second-order valence-corrected chi connectivity index (χ2v) is 5.92. The molecule has 1 aliphatic heterocycles. The Labute approximate surface area is 141 Å². The normalized spacial score (nSPS) is 16.8. The molecule has 1 aromatic rings. The van der Waals surface area contributed by atoms with Crippen LogP contribution in [0.3, 0.4) is 0 Å². The number of rotatable bonds is 7. The van der Waals surface area contributed by atoms with Gasteiger partial charge in [-0.05, 0) is 31.1 Å². The standard InChI is InChI=1S/C17H20BF2N3O/c1-4-9-21-17(24)8-7-14-5-6-15(22-14)11-16-12(2)10-13(3)23(16)18(19)20/h1,5-6,10,16,22H,7-9,11H2,2-3H3/p+1. The van der Waals surface area contributed by atoms with Crippen LogP contribution < -0.4 is 5.32 Å². The third-order valence-electron chi connectivity index (χ3n) is 4.14. The van der Waals surface area contributed by atoms with Crippen molar-refractivity contribution in [2.24, 2.45) is 0 Å². The first-order valence-electron chi connectivity index (χ1n) is 7.87. The van der Waals surface area contributed by atoms with Crippen molar-refractivity contribution in [2.45, 2.75) is 39.2 Å². The van der Waals surface area contributed by atoms with E-state index in [-0.39, 0.29) is 18.5 Å². The smallest absolute Gasteiger partial charge is 0.362 e. The van der Waals surface area contributed by atoms with E-state index in [0.717, 1.165) is 21.4 Å². The summed E-state index contributed by atoms with van der Waals surface area (Å²) in [6.45, 7) is 3.79. The number of nitrogens with one attached hydrogen (secondary N) is 2. The number of carbonyl (C=O) groups excluding carboxylic acids is 1. The molecular weight excluding hydrogens is 311 g/mol. The Morgan fingerprint density at radius 2 is 2.12 bits per heavy atom. The molecule has 0 spiro atoms. The lowest BCUT2D eigenvalue weighted by molar-refractivity contribution is -0.439. The van der Waals surface area contributed by atoms with Crippen molar-refractivity contribution < 1.29 is 17.9 Å². The van der Waals surface area contributed by atoms with Crippen molar-refractivity contribution in [1.82, 2.24) is 10.3 Å². The van der Waals surface area contributed by atoms with Gasteiger partial charge in [-0.2, -0.15) is 0 Å². The molecule has 1 atom stereocenters. The summed E-state index contributed by atoms with van der Waals surface area (Å²) < 4.78 is 27.6. The lowest BCUT2D eigenvalue weighted by atomic mass is 10.0. The number of hydrogen-bond donors (Lipinski definition) is 2. The van der Waals surface area contributed by atoms with E-state index in [1.54, 1.807) is 13.0 Å². The first-order chi connectivity index (χ1) is 11.4. The quantitative estimate of drug-likeness (QED) is 0.582. The molecule has 0 radical (unpaired) electrons. The molecule has 2 heterocycles. The Bertz CT molecular complexity index is 716. The molecule has 0 fully saturated rings. The molecule has 0 bridgehead atoms. The summed E-state index contributed by atoms with van der Waals surface area (Å²) in [5.74, 6) is 2.25. The van der Waals surface area contributed by atoms with Gasteiger partial charge < -0.3 is 10.3 Å². The van der Waals surface area contributed by atoms with E-state index in [4.69, 9.17) is 6.42 Å². The number of nitrogens with zero attached hydrogens (tertiary/aromatic N) is 1. The van der Waals surface area contributed by atoms with E-state index < -0.39 is 7.40 Å². The second kappa shape index (κ2) is 7.96. The van der Waals surface area contributed by atoms with Gasteiger partial charge in [0.05, 0.1) is 13.0 Å². The topological polar surface area (TPSA) is 47.9 Å². The van der Waals surface area contributed by atoms with Crippen LogP contribution in [0, 0.1) is 12.3 Å². The van der Waals surface area contributed by atoms with Crippen LogP contribution in [0.1, 0.15) is 31.7 Å². The van der Waals surface area contributed by atoms with E-state index >= 15 is 0 Å². The molecule has 2 N–H and O–H groups in total. The number of hydrogen-bond acceptors (Lipinski definition) is 1. The predicted molar refractivity (Wildman–Crippen MR) is 91.1 cm³/mol. The molecule has 0 aromatic carbocycles. The number of aryl methyl sites for hydroxylation is 1. The van der Waals surface area contributed by atoms with E-state index in [1.807, 2.05) is 19.1 Å². The number of H-pyrrole nitrogens is 1. The monoisotopic (exact) mass is 332 g/mol. The predicted octanol–water partition coefficient (Wildman–Crippen LogP) is 1.96. The van der Waals surface area contributed by atoms with Crippen LogP contribution in [0.25, 0.3) is 0 Å². The largest absolute Gasteiger partial charge is 0.929 e. The number of aromatic nitrogens is 1. The highest BCUT2D eigenvalue weighted by molar-refractivity contribution is 6.34. The third kappa shape index (κ3) is 4.35. The van der Waals surface area contributed by atoms with E-state index in [0.29, 0.717) is 25.0 Å². The van der Waals surface area contributed by atoms with Gasteiger partial charge in [0.25, 0.3) is 0 Å². The van der Waals surface area contributed by atoms with Gasteiger partial charge in [-0.1, -0.05) is 5.92 Å². The van der Waals surface area contributed by atoms with Crippen LogP contribution in [0.15, 0.2) is 23.8 Å². The summed E-state index contributed by atoms with van der Waals surface area (Å²) in [6, 6.07) is 3.44. The summed E-state index contributed by atoms with van der Waals surface area (Å²) in [7, 11) is -2.52. The minimum atomic E-state index is -2.52. The SMILES string of the molecule is C#CCNC(=O)CCc1ccc(CC2C(C)=CC(C)=[N+]2B(F)F)[nH]1. The average molecular weight is 332 g/mol. The lowest BCUT2D eigenvalue weighted by Crippen LogP contribution is -2.35. The zero-order valence-electron chi connectivity index (χ0n) is 13.9. The summed E-state index contributed by atoms with van der Waals surface area (Å²) in [4.78, 5) is 14.8. The zero-order valence-corrected chi connectivity index (χ0v) is 13.9. The second-order valence-electron chi connectivity index (χ2n) is 5.92. The number of allylic oxidation sites excluding steroid dienone is 1. The van der Waals surface area contributed by atoms with Gasteiger partial charge in [-0.3, -0.25) is 4.79 Å². The Hall–Kier alpha value is -2.36. The lowest BCUT2D eigenvalue weighted by Gasteiger charge is -2.11. The third-order valence-corrected chi connectivity index (χ3v) is 4.14. The molecule has 0 saturated heterocycles. The van der Waals surface area contributed by atoms with Gasteiger partial charge in [-0.15, -0.1) is 6.42 Å². The maximum absolute atomic E-state index is 13.2. The first-order valence-corrected chi connectivity index (χ1v) is 7.87. The van der Waals surface area contributed by atoms with Gasteiger partial charge in [-0.25, -0.2) is 13.1 Å². The van der Waals surface area contributed by atoms with Gasteiger partial charge in [0.15, 0.2) is 11.8 Å². The number of aromatic amines is 1. The first kappa shape index (κ1) is 18.0. The van der Waals surface area contributed by atoms with E-state index in [1.165, 1.54) is 0 Å². The number of halogens is 2. The fourth-order valence-electron chi connectivity index (χ4n) is 2.96. The number of carbonyl (C=O) groups is 1. The molecule has 0 aliphatic carbocycles. The molecule has 1 aliphatic rings. The molecular formula is C17H21BF2N3O+. The van der Waals surface area contributed by atoms with Crippen molar-refractivity contribution in [3.63, 3.8) is 0 Å². The van der Waals surface area contributed by atoms with Crippen LogP contribution in [0.2, 0.25) is 0 Å². The van der Waals surface area contributed by atoms with Crippen LogP contribution in [-0.2, 0) is 17.6 Å². The fraction of sp³-hybridized carbons (Fsp3) is 0.412. The summed E-state index contributed by atoms with van der Waals surface area (Å²) in [5.41, 5.74) is 3.30. The van der Waals surface area contributed by atoms with Crippen molar-refractivity contribution in [3.05, 3.63) is 35.2 Å². The molecule has 24 heavy (non-hydrogen) atoms. The minimum Gasteiger partial charge on any atom is -0.362 e.